The minimum Gasteiger partial charge on any atom is -0.466 e. The van der Waals surface area contributed by atoms with Gasteiger partial charge in [-0.3, -0.25) is 9.59 Å². The summed E-state index contributed by atoms with van der Waals surface area (Å²) in [7, 11) is 0. The number of benzene rings is 3. The molecule has 1 unspecified atom stereocenters. The highest BCUT2D eigenvalue weighted by Crippen LogP contribution is 2.37. The molecule has 5 nitrogen and oxygen atoms in total. The number of rotatable bonds is 12. The summed E-state index contributed by atoms with van der Waals surface area (Å²) in [5.41, 5.74) is 1.32. The van der Waals surface area contributed by atoms with Crippen LogP contribution in [-0.2, 0) is 21.1 Å². The number of esters is 1. The van der Waals surface area contributed by atoms with E-state index in [4.69, 9.17) is 4.74 Å². The molecule has 236 valence electrons. The van der Waals surface area contributed by atoms with Crippen LogP contribution in [0.5, 0.6) is 0 Å². The second-order valence-corrected chi connectivity index (χ2v) is 11.4. The van der Waals surface area contributed by atoms with E-state index in [1.807, 2.05) is 6.92 Å². The van der Waals surface area contributed by atoms with Gasteiger partial charge in [-0.1, -0.05) is 49.4 Å². The van der Waals surface area contributed by atoms with Gasteiger partial charge in [-0.2, -0.15) is 13.2 Å². The average Bonchev–Trinajstić information content (AvgIpc) is 3.01. The van der Waals surface area contributed by atoms with Crippen LogP contribution >= 0.6 is 0 Å². The predicted octanol–water partition coefficient (Wildman–Crippen LogP) is 7.79. The van der Waals surface area contributed by atoms with Crippen molar-refractivity contribution in [3.63, 3.8) is 0 Å². The number of alkyl halides is 3. The third-order valence-corrected chi connectivity index (χ3v) is 8.67. The molecule has 0 radical (unpaired) electrons. The van der Waals surface area contributed by atoms with Crippen molar-refractivity contribution in [1.29, 1.82) is 0 Å². The van der Waals surface area contributed by atoms with Gasteiger partial charge in [0, 0.05) is 30.1 Å². The molecule has 0 aliphatic carbocycles. The average molecular weight is 613 g/mol. The van der Waals surface area contributed by atoms with Crippen molar-refractivity contribution < 1.29 is 31.9 Å². The van der Waals surface area contributed by atoms with Crippen molar-refractivity contribution in [2.45, 2.75) is 70.0 Å². The number of piperidine rings is 1. The molecule has 0 spiro atoms. The molecule has 1 atom stereocenters. The van der Waals surface area contributed by atoms with E-state index in [0.717, 1.165) is 69.4 Å². The molecule has 3 aromatic carbocycles. The summed E-state index contributed by atoms with van der Waals surface area (Å²) in [5, 5.41) is 3.12. The summed E-state index contributed by atoms with van der Waals surface area (Å²) < 4.78 is 58.0. The number of carbonyl (C=O) groups is 2. The second-order valence-electron chi connectivity index (χ2n) is 11.4. The van der Waals surface area contributed by atoms with Crippen LogP contribution in [-0.4, -0.2) is 49.1 Å². The molecule has 9 heteroatoms. The quantitative estimate of drug-likeness (QED) is 0.168. The van der Waals surface area contributed by atoms with Crippen LogP contribution in [0.1, 0.15) is 73.9 Å². The molecule has 44 heavy (non-hydrogen) atoms. The summed E-state index contributed by atoms with van der Waals surface area (Å²) in [5.74, 6) is -0.812. The molecule has 1 aliphatic rings. The van der Waals surface area contributed by atoms with E-state index in [2.05, 4.69) is 10.2 Å². The molecule has 1 saturated heterocycles. The van der Waals surface area contributed by atoms with Crippen LogP contribution in [0, 0.1) is 5.82 Å². The normalized spacial score (nSPS) is 15.9. The number of likely N-dealkylation sites (tertiary alicyclic amines) is 1. The Morgan fingerprint density at radius 2 is 1.55 bits per heavy atom. The van der Waals surface area contributed by atoms with Crippen LogP contribution in [0.25, 0.3) is 11.1 Å². The fraction of sp³-hybridized carbons (Fsp3) is 0.429. The van der Waals surface area contributed by atoms with Gasteiger partial charge in [0.2, 0.25) is 0 Å². The summed E-state index contributed by atoms with van der Waals surface area (Å²) in [6.45, 7) is 6.59. The lowest BCUT2D eigenvalue weighted by atomic mass is 9.72. The molecular formula is C35H40F4N2O3. The number of nitrogens with zero attached hydrogens (tertiary/aromatic N) is 1. The minimum atomic E-state index is -4.42. The highest BCUT2D eigenvalue weighted by molar-refractivity contribution is 6.01. The summed E-state index contributed by atoms with van der Waals surface area (Å²) in [4.78, 5) is 28.1. The van der Waals surface area contributed by atoms with Crippen LogP contribution < -0.4 is 5.32 Å². The molecule has 1 heterocycles. The lowest BCUT2D eigenvalue weighted by Gasteiger charge is -2.35. The number of halogens is 4. The molecule has 1 fully saturated rings. The third kappa shape index (κ3) is 8.46. The Balaban J connectivity index is 1.32. The van der Waals surface area contributed by atoms with Crippen molar-refractivity contribution in [2.75, 3.05) is 26.2 Å². The molecular weight excluding hydrogens is 572 g/mol. The summed E-state index contributed by atoms with van der Waals surface area (Å²) >= 11 is 0. The minimum absolute atomic E-state index is 0.0165. The molecule has 3 aromatic rings. The Kier molecular flexibility index (Phi) is 11.2. The van der Waals surface area contributed by atoms with Gasteiger partial charge in [0.25, 0.3) is 5.91 Å². The largest absolute Gasteiger partial charge is 0.466 e. The zero-order valence-electron chi connectivity index (χ0n) is 25.3. The predicted molar refractivity (Wildman–Crippen MR) is 163 cm³/mol. The topological polar surface area (TPSA) is 58.6 Å². The van der Waals surface area contributed by atoms with Gasteiger partial charge in [-0.15, -0.1) is 0 Å². The fourth-order valence-electron chi connectivity index (χ4n) is 6.11. The standard InChI is InChI=1S/C35H40F4N2O3/c1-3-34(24-32(42)44-4-2,26-14-16-28(36)17-15-26)20-7-21-41-22-18-29(19-23-41)40-33(43)31-9-6-5-8-30(31)25-10-12-27(13-11-25)35(37,38)39/h5-6,8-17,29H,3-4,7,18-24H2,1-2H3,(H,40,43). The third-order valence-electron chi connectivity index (χ3n) is 8.67. The molecule has 0 saturated carbocycles. The lowest BCUT2D eigenvalue weighted by Crippen LogP contribution is -2.45. The zero-order valence-corrected chi connectivity index (χ0v) is 25.3. The van der Waals surface area contributed by atoms with E-state index in [0.29, 0.717) is 23.3 Å². The SMILES string of the molecule is CCOC(=O)CC(CC)(CCCN1CCC(NC(=O)c2ccccc2-c2ccc(C(F)(F)F)cc2)CC1)c1ccc(F)cc1. The van der Waals surface area contributed by atoms with Crippen LogP contribution in [0.15, 0.2) is 72.8 Å². The van der Waals surface area contributed by atoms with Gasteiger partial charge in [-0.05, 0) is 92.6 Å². The van der Waals surface area contributed by atoms with E-state index in [-0.39, 0.29) is 30.2 Å². The Morgan fingerprint density at radius 1 is 0.909 bits per heavy atom. The van der Waals surface area contributed by atoms with E-state index in [9.17, 15) is 27.2 Å². The molecule has 0 aromatic heterocycles. The first-order valence-corrected chi connectivity index (χ1v) is 15.3. The number of carbonyl (C=O) groups excluding carboxylic acids is 2. The van der Waals surface area contributed by atoms with Crippen LogP contribution in [0.2, 0.25) is 0 Å². The first kappa shape index (κ1) is 33.2. The molecule has 1 N–H and O–H groups in total. The summed E-state index contributed by atoms with van der Waals surface area (Å²) in [6, 6.07) is 18.2. The number of hydrogen-bond acceptors (Lipinski definition) is 4. The maximum atomic E-state index is 13.7. The Morgan fingerprint density at radius 3 is 2.16 bits per heavy atom. The lowest BCUT2D eigenvalue weighted by molar-refractivity contribution is -0.145. The van der Waals surface area contributed by atoms with E-state index >= 15 is 0 Å². The fourth-order valence-corrected chi connectivity index (χ4v) is 6.11. The highest BCUT2D eigenvalue weighted by atomic mass is 19.4. The van der Waals surface area contributed by atoms with E-state index in [1.165, 1.54) is 24.3 Å². The monoisotopic (exact) mass is 612 g/mol. The Hall–Kier alpha value is -3.72. The number of nitrogens with one attached hydrogen (secondary N) is 1. The zero-order chi connectivity index (χ0) is 31.7. The molecule has 1 aliphatic heterocycles. The van der Waals surface area contributed by atoms with Gasteiger partial charge >= 0.3 is 12.1 Å². The van der Waals surface area contributed by atoms with Crippen molar-refractivity contribution >= 4 is 11.9 Å². The number of hydrogen-bond donors (Lipinski definition) is 1. The van der Waals surface area contributed by atoms with Gasteiger partial charge < -0.3 is 15.0 Å². The van der Waals surface area contributed by atoms with Crippen molar-refractivity contribution in [3.8, 4) is 11.1 Å². The second kappa shape index (κ2) is 14.8. The van der Waals surface area contributed by atoms with Crippen molar-refractivity contribution in [2.24, 2.45) is 0 Å². The Labute approximate surface area is 256 Å². The van der Waals surface area contributed by atoms with Crippen molar-refractivity contribution in [3.05, 3.63) is 95.3 Å². The molecule has 0 bridgehead atoms. The van der Waals surface area contributed by atoms with Crippen molar-refractivity contribution in [1.82, 2.24) is 10.2 Å². The maximum absolute atomic E-state index is 13.7. The highest BCUT2D eigenvalue weighted by Gasteiger charge is 2.34. The van der Waals surface area contributed by atoms with Gasteiger partial charge in [0.05, 0.1) is 18.6 Å². The first-order valence-electron chi connectivity index (χ1n) is 15.3. The van der Waals surface area contributed by atoms with Gasteiger partial charge in [0.1, 0.15) is 5.82 Å². The van der Waals surface area contributed by atoms with Crippen LogP contribution in [0.4, 0.5) is 17.6 Å². The molecule has 4 rings (SSSR count). The number of ether oxygens (including phenoxy) is 1. The van der Waals surface area contributed by atoms with Gasteiger partial charge in [0.15, 0.2) is 0 Å². The van der Waals surface area contributed by atoms with E-state index in [1.54, 1.807) is 43.3 Å². The van der Waals surface area contributed by atoms with Gasteiger partial charge in [-0.25, -0.2) is 4.39 Å². The smallest absolute Gasteiger partial charge is 0.416 e. The number of amides is 1. The Bertz CT molecular complexity index is 1380. The summed E-state index contributed by atoms with van der Waals surface area (Å²) in [6.07, 6.45) is -0.311. The van der Waals surface area contributed by atoms with E-state index < -0.39 is 17.2 Å². The van der Waals surface area contributed by atoms with Crippen LogP contribution in [0.3, 0.4) is 0 Å². The first-order chi connectivity index (χ1) is 21.0. The maximum Gasteiger partial charge on any atom is 0.416 e. The molecule has 1 amide bonds.